The number of benzene rings is 1. The average molecular weight is 496 g/mol. The maximum Gasteiger partial charge on any atom is 0.326 e. The Bertz CT molecular complexity index is 902. The highest BCUT2D eigenvalue weighted by atomic mass is 16.4. The summed E-state index contributed by atoms with van der Waals surface area (Å²) in [5, 5.41) is 35.4. The van der Waals surface area contributed by atoms with Crippen LogP contribution in [0.3, 0.4) is 0 Å². The topological polar surface area (TPSA) is 255 Å². The van der Waals surface area contributed by atoms with Crippen LogP contribution < -0.4 is 33.2 Å². The van der Waals surface area contributed by atoms with Gasteiger partial charge in [0.05, 0.1) is 18.7 Å². The molecule has 1 rings (SSSR count). The number of hydrogen-bond acceptors (Lipinski definition) is 8. The fourth-order valence-electron chi connectivity index (χ4n) is 2.91. The van der Waals surface area contributed by atoms with Crippen LogP contribution in [-0.4, -0.2) is 82.3 Å². The van der Waals surface area contributed by atoms with E-state index in [2.05, 4.69) is 20.9 Å². The Hall–Kier alpha value is -3.91. The molecule has 0 saturated carbocycles. The lowest BCUT2D eigenvalue weighted by Gasteiger charge is -2.23. The highest BCUT2D eigenvalue weighted by Gasteiger charge is 2.28. The number of guanidine groups is 1. The molecule has 0 heterocycles. The number of nitrogens with zero attached hydrogens (tertiary/aromatic N) is 1. The van der Waals surface area contributed by atoms with Crippen molar-refractivity contribution in [2.75, 3.05) is 13.1 Å². The molecule has 3 amide bonds. The van der Waals surface area contributed by atoms with Gasteiger partial charge in [-0.25, -0.2) is 4.79 Å². The predicted molar refractivity (Wildman–Crippen MR) is 126 cm³/mol. The number of aliphatic imine (C=N–C) groups is 1. The van der Waals surface area contributed by atoms with Gasteiger partial charge in [0.25, 0.3) is 0 Å². The van der Waals surface area contributed by atoms with Gasteiger partial charge < -0.3 is 48.5 Å². The summed E-state index contributed by atoms with van der Waals surface area (Å²) in [5.74, 6) is -3.72. The number of nitrogens with two attached hydrogens (primary N) is 3. The Labute approximate surface area is 201 Å². The molecule has 0 radical (unpaired) electrons. The third kappa shape index (κ3) is 11.2. The summed E-state index contributed by atoms with van der Waals surface area (Å²) >= 11 is 0. The second-order valence-corrected chi connectivity index (χ2v) is 7.83. The molecule has 1 aromatic carbocycles. The number of hydrogen-bond donors (Lipinski definition) is 9. The molecule has 0 fully saturated rings. The van der Waals surface area contributed by atoms with Crippen molar-refractivity contribution in [1.82, 2.24) is 16.0 Å². The van der Waals surface area contributed by atoms with E-state index in [9.17, 15) is 34.5 Å². The number of nitrogens with one attached hydrogen (secondary N) is 3. The maximum atomic E-state index is 12.4. The number of phenols is 1. The number of aliphatic hydroxyl groups excluding tert-OH is 1. The molecule has 4 unspecified atom stereocenters. The zero-order valence-electron chi connectivity index (χ0n) is 19.3. The van der Waals surface area contributed by atoms with Gasteiger partial charge in [-0.2, -0.15) is 0 Å². The van der Waals surface area contributed by atoms with E-state index < -0.39 is 54.5 Å². The molecule has 4 atom stereocenters. The van der Waals surface area contributed by atoms with Crippen LogP contribution in [0.2, 0.25) is 0 Å². The molecule has 0 aliphatic rings. The lowest BCUT2D eigenvalue weighted by Crippen LogP contribution is -2.57. The zero-order chi connectivity index (χ0) is 26.5. The molecule has 0 aliphatic heterocycles. The third-order valence-electron chi connectivity index (χ3n) is 4.80. The first-order valence-corrected chi connectivity index (χ1v) is 10.8. The number of carbonyl (C=O) groups is 4. The normalized spacial score (nSPS) is 14.0. The van der Waals surface area contributed by atoms with Crippen molar-refractivity contribution in [3.05, 3.63) is 29.8 Å². The number of amides is 3. The molecule has 194 valence electrons. The number of carboxylic acid groups (broad SMARTS) is 1. The molecule has 12 N–H and O–H groups in total. The van der Waals surface area contributed by atoms with Crippen LogP contribution in [0.5, 0.6) is 5.75 Å². The van der Waals surface area contributed by atoms with E-state index in [4.69, 9.17) is 17.2 Å². The molecule has 0 spiro atoms. The fourth-order valence-corrected chi connectivity index (χ4v) is 2.91. The first-order chi connectivity index (χ1) is 16.4. The van der Waals surface area contributed by atoms with E-state index in [1.54, 1.807) is 0 Å². The molecule has 0 aromatic heterocycles. The van der Waals surface area contributed by atoms with Crippen LogP contribution in [0.4, 0.5) is 0 Å². The Morgan fingerprint density at radius 3 is 2.23 bits per heavy atom. The van der Waals surface area contributed by atoms with E-state index in [1.165, 1.54) is 31.2 Å². The first-order valence-electron chi connectivity index (χ1n) is 10.8. The SMILES string of the molecule is CC(O)C(NC(=O)C(N)CCCN=C(N)N)C(=O)NCC(=O)NC(Cc1ccc(O)cc1)C(=O)O. The molecule has 0 aliphatic carbocycles. The van der Waals surface area contributed by atoms with Crippen molar-refractivity contribution in [1.29, 1.82) is 0 Å². The quantitative estimate of drug-likeness (QED) is 0.0712. The molecule has 0 bridgehead atoms. The van der Waals surface area contributed by atoms with Gasteiger partial charge >= 0.3 is 5.97 Å². The number of aliphatic carboxylic acids is 1. The zero-order valence-corrected chi connectivity index (χ0v) is 19.3. The van der Waals surface area contributed by atoms with Crippen LogP contribution in [0.15, 0.2) is 29.3 Å². The summed E-state index contributed by atoms with van der Waals surface area (Å²) in [6.07, 6.45) is -0.732. The van der Waals surface area contributed by atoms with E-state index in [-0.39, 0.29) is 31.1 Å². The minimum absolute atomic E-state index is 0.0130. The number of aliphatic hydroxyl groups is 1. The van der Waals surface area contributed by atoms with Gasteiger partial charge in [0.15, 0.2) is 5.96 Å². The maximum absolute atomic E-state index is 12.4. The van der Waals surface area contributed by atoms with Crippen LogP contribution in [0.25, 0.3) is 0 Å². The summed E-state index contributed by atoms with van der Waals surface area (Å²) < 4.78 is 0. The minimum atomic E-state index is -1.40. The predicted octanol–water partition coefficient (Wildman–Crippen LogP) is -3.13. The van der Waals surface area contributed by atoms with Gasteiger partial charge in [-0.3, -0.25) is 19.4 Å². The summed E-state index contributed by atoms with van der Waals surface area (Å²) in [6.45, 7) is 0.942. The smallest absolute Gasteiger partial charge is 0.326 e. The molecule has 14 heteroatoms. The van der Waals surface area contributed by atoms with Gasteiger partial charge in [0.2, 0.25) is 17.7 Å². The van der Waals surface area contributed by atoms with E-state index in [0.29, 0.717) is 12.0 Å². The van der Waals surface area contributed by atoms with Crippen molar-refractivity contribution >= 4 is 29.7 Å². The number of rotatable bonds is 14. The molecule has 35 heavy (non-hydrogen) atoms. The van der Waals surface area contributed by atoms with Crippen molar-refractivity contribution in [2.24, 2.45) is 22.2 Å². The molecule has 1 aromatic rings. The van der Waals surface area contributed by atoms with Crippen LogP contribution in [0.1, 0.15) is 25.3 Å². The molecular formula is C21H33N7O7. The van der Waals surface area contributed by atoms with E-state index in [1.807, 2.05) is 0 Å². The highest BCUT2D eigenvalue weighted by Crippen LogP contribution is 2.11. The number of carbonyl (C=O) groups excluding carboxylic acids is 3. The molecular weight excluding hydrogens is 462 g/mol. The van der Waals surface area contributed by atoms with Crippen molar-refractivity contribution < 1.29 is 34.5 Å². The van der Waals surface area contributed by atoms with Gasteiger partial charge in [-0.1, -0.05) is 12.1 Å². The number of aromatic hydroxyl groups is 1. The van der Waals surface area contributed by atoms with E-state index in [0.717, 1.165) is 0 Å². The highest BCUT2D eigenvalue weighted by molar-refractivity contribution is 5.93. The average Bonchev–Trinajstić information content (AvgIpc) is 2.78. The standard InChI is InChI=1S/C21H33N7O7/c1-11(29)17(28-18(32)14(22)3-2-8-25-21(23)24)19(33)26-10-16(31)27-15(20(34)35)9-12-4-6-13(30)7-5-12/h4-7,11,14-15,17,29-30H,2-3,8-10,22H2,1H3,(H,26,33)(H,27,31)(H,28,32)(H,34,35)(H4,23,24,25). The summed E-state index contributed by atoms with van der Waals surface area (Å²) in [5.41, 5.74) is 16.8. The second-order valence-electron chi connectivity index (χ2n) is 7.83. The summed E-state index contributed by atoms with van der Waals surface area (Å²) in [6, 6.07) is 2.13. The molecule has 14 nitrogen and oxygen atoms in total. The Balaban J connectivity index is 2.60. The molecule has 0 saturated heterocycles. The summed E-state index contributed by atoms with van der Waals surface area (Å²) in [7, 11) is 0. The van der Waals surface area contributed by atoms with Crippen molar-refractivity contribution in [2.45, 2.75) is 50.4 Å². The Morgan fingerprint density at radius 2 is 1.69 bits per heavy atom. The summed E-state index contributed by atoms with van der Waals surface area (Å²) in [4.78, 5) is 52.2. The monoisotopic (exact) mass is 495 g/mol. The van der Waals surface area contributed by atoms with Crippen molar-refractivity contribution in [3.8, 4) is 5.75 Å². The van der Waals surface area contributed by atoms with Gasteiger partial charge in [0, 0.05) is 13.0 Å². The van der Waals surface area contributed by atoms with Crippen LogP contribution >= 0.6 is 0 Å². The van der Waals surface area contributed by atoms with Gasteiger partial charge in [0.1, 0.15) is 17.8 Å². The van der Waals surface area contributed by atoms with Crippen LogP contribution in [-0.2, 0) is 25.6 Å². The fraction of sp³-hybridized carbons (Fsp3) is 0.476. The third-order valence-corrected chi connectivity index (χ3v) is 4.80. The lowest BCUT2D eigenvalue weighted by atomic mass is 10.1. The second kappa shape index (κ2) is 14.4. The van der Waals surface area contributed by atoms with Gasteiger partial charge in [-0.15, -0.1) is 0 Å². The first kappa shape index (κ1) is 29.1. The Kier molecular flexibility index (Phi) is 12.0. The Morgan fingerprint density at radius 1 is 1.06 bits per heavy atom. The minimum Gasteiger partial charge on any atom is -0.508 e. The number of phenolic OH excluding ortho intramolecular Hbond substituents is 1. The lowest BCUT2D eigenvalue weighted by molar-refractivity contribution is -0.141. The van der Waals surface area contributed by atoms with Crippen molar-refractivity contribution in [3.63, 3.8) is 0 Å². The van der Waals surface area contributed by atoms with E-state index >= 15 is 0 Å². The van der Waals surface area contributed by atoms with Crippen LogP contribution in [0, 0.1) is 0 Å². The van der Waals surface area contributed by atoms with Gasteiger partial charge in [-0.05, 0) is 37.5 Å². The largest absolute Gasteiger partial charge is 0.508 e. The number of carboxylic acids is 1.